The van der Waals surface area contributed by atoms with E-state index >= 15 is 0 Å². The Hall–Kier alpha value is -3.34. The first-order valence-electron chi connectivity index (χ1n) is 10.2. The summed E-state index contributed by atoms with van der Waals surface area (Å²) in [5, 5.41) is 2.48. The molecule has 30 heavy (non-hydrogen) atoms. The van der Waals surface area contributed by atoms with Gasteiger partial charge >= 0.3 is 12.1 Å². The molecule has 0 N–H and O–H groups in total. The summed E-state index contributed by atoms with van der Waals surface area (Å²) in [7, 11) is 0. The van der Waals surface area contributed by atoms with E-state index in [0.29, 0.717) is 18.2 Å². The Balaban J connectivity index is 1.21. The number of esters is 1. The van der Waals surface area contributed by atoms with E-state index in [1.54, 1.807) is 24.3 Å². The van der Waals surface area contributed by atoms with Crippen molar-refractivity contribution in [3.05, 3.63) is 77.9 Å². The van der Waals surface area contributed by atoms with Crippen LogP contribution >= 0.6 is 0 Å². The zero-order chi connectivity index (χ0) is 20.7. The van der Waals surface area contributed by atoms with E-state index < -0.39 is 0 Å². The van der Waals surface area contributed by atoms with Gasteiger partial charge in [-0.3, -0.25) is 4.79 Å². The van der Waals surface area contributed by atoms with Gasteiger partial charge in [0.1, 0.15) is 12.4 Å². The lowest BCUT2D eigenvalue weighted by atomic mass is 9.93. The highest BCUT2D eigenvalue weighted by molar-refractivity contribution is 5.83. The summed E-state index contributed by atoms with van der Waals surface area (Å²) in [5.74, 6) is 0.630. The standard InChI is InChI=1S/C25H23NO4/c1-17(27)30-23-10-6-18(7-11-23)15-29-24(28)26-14-22-13-25(22,16-26)21-9-8-19-4-2-3-5-20(19)12-21/h2-12,22H,13-16H2,1H3/t22-,25+/m1/s1. The average molecular weight is 401 g/mol. The van der Waals surface area contributed by atoms with E-state index in [4.69, 9.17) is 9.47 Å². The van der Waals surface area contributed by atoms with E-state index in [1.165, 1.54) is 23.3 Å². The summed E-state index contributed by atoms with van der Waals surface area (Å²) in [5.41, 5.74) is 2.25. The molecule has 1 saturated heterocycles. The van der Waals surface area contributed by atoms with Crippen LogP contribution in [0.2, 0.25) is 0 Å². The molecule has 1 amide bonds. The number of likely N-dealkylation sites (tertiary alicyclic amines) is 1. The zero-order valence-electron chi connectivity index (χ0n) is 16.8. The highest BCUT2D eigenvalue weighted by Gasteiger charge is 2.61. The number of benzene rings is 3. The molecule has 2 fully saturated rings. The van der Waals surface area contributed by atoms with E-state index in [-0.39, 0.29) is 24.1 Å². The Kier molecular flexibility index (Phi) is 4.46. The van der Waals surface area contributed by atoms with Gasteiger partial charge in [0.25, 0.3) is 0 Å². The van der Waals surface area contributed by atoms with Gasteiger partial charge in [0.2, 0.25) is 0 Å². The van der Waals surface area contributed by atoms with Gasteiger partial charge in [0.05, 0.1) is 0 Å². The molecule has 1 heterocycles. The van der Waals surface area contributed by atoms with Crippen LogP contribution < -0.4 is 4.74 Å². The lowest BCUT2D eigenvalue weighted by Gasteiger charge is -2.21. The van der Waals surface area contributed by atoms with Crippen LogP contribution in [0.3, 0.4) is 0 Å². The van der Waals surface area contributed by atoms with Gasteiger partial charge in [-0.2, -0.15) is 0 Å². The van der Waals surface area contributed by atoms with Crippen molar-refractivity contribution in [1.82, 2.24) is 4.90 Å². The molecule has 1 aliphatic heterocycles. The minimum absolute atomic E-state index is 0.0781. The van der Waals surface area contributed by atoms with Crippen LogP contribution in [0.25, 0.3) is 10.8 Å². The number of carbonyl (C=O) groups is 2. The SMILES string of the molecule is CC(=O)Oc1ccc(COC(=O)N2C[C@H]3C[C@@]3(c3ccc4ccccc4c3)C2)cc1. The highest BCUT2D eigenvalue weighted by Crippen LogP contribution is 2.59. The van der Waals surface area contributed by atoms with E-state index in [0.717, 1.165) is 18.5 Å². The molecule has 3 aromatic carbocycles. The Morgan fingerprint density at radius 1 is 1.03 bits per heavy atom. The van der Waals surface area contributed by atoms with E-state index in [1.807, 2.05) is 4.90 Å². The zero-order valence-corrected chi connectivity index (χ0v) is 16.8. The summed E-state index contributed by atoms with van der Waals surface area (Å²) in [6.45, 7) is 3.02. The summed E-state index contributed by atoms with van der Waals surface area (Å²) < 4.78 is 10.5. The molecule has 1 saturated carbocycles. The van der Waals surface area contributed by atoms with Crippen molar-refractivity contribution in [3.8, 4) is 5.75 Å². The maximum absolute atomic E-state index is 12.6. The molecule has 5 heteroatoms. The molecule has 0 aromatic heterocycles. The first-order valence-corrected chi connectivity index (χ1v) is 10.2. The number of amides is 1. The third-order valence-electron chi connectivity index (χ3n) is 6.28. The maximum Gasteiger partial charge on any atom is 0.410 e. The molecule has 0 spiro atoms. The van der Waals surface area contributed by atoms with Crippen molar-refractivity contribution in [3.63, 3.8) is 0 Å². The quantitative estimate of drug-likeness (QED) is 0.471. The Morgan fingerprint density at radius 2 is 1.80 bits per heavy atom. The van der Waals surface area contributed by atoms with Crippen molar-refractivity contribution in [2.75, 3.05) is 13.1 Å². The second kappa shape index (κ2) is 7.17. The Labute approximate surface area is 175 Å². The van der Waals surface area contributed by atoms with Crippen LogP contribution in [-0.2, 0) is 21.6 Å². The van der Waals surface area contributed by atoms with Crippen LogP contribution in [0.1, 0.15) is 24.5 Å². The van der Waals surface area contributed by atoms with Gasteiger partial charge in [0.15, 0.2) is 0 Å². The number of rotatable bonds is 4. The first-order chi connectivity index (χ1) is 14.5. The van der Waals surface area contributed by atoms with Crippen LogP contribution in [0.4, 0.5) is 4.79 Å². The lowest BCUT2D eigenvalue weighted by molar-refractivity contribution is -0.131. The number of fused-ring (bicyclic) bond motifs is 2. The molecule has 5 nitrogen and oxygen atoms in total. The number of ether oxygens (including phenoxy) is 2. The third kappa shape index (κ3) is 3.41. The largest absolute Gasteiger partial charge is 0.445 e. The predicted molar refractivity (Wildman–Crippen MR) is 113 cm³/mol. The number of carbonyl (C=O) groups excluding carboxylic acids is 2. The number of nitrogens with zero attached hydrogens (tertiary/aromatic N) is 1. The summed E-state index contributed by atoms with van der Waals surface area (Å²) in [4.78, 5) is 25.4. The van der Waals surface area contributed by atoms with Crippen LogP contribution in [0.5, 0.6) is 5.75 Å². The summed E-state index contributed by atoms with van der Waals surface area (Å²) in [6.07, 6.45) is 0.860. The highest BCUT2D eigenvalue weighted by atomic mass is 16.6. The molecule has 3 aromatic rings. The van der Waals surface area contributed by atoms with Gasteiger partial charge in [0, 0.05) is 25.4 Å². The molecule has 5 rings (SSSR count). The topological polar surface area (TPSA) is 55.8 Å². The first kappa shape index (κ1) is 18.7. The molecule has 2 aliphatic rings. The van der Waals surface area contributed by atoms with Gasteiger partial charge < -0.3 is 14.4 Å². The Bertz CT molecular complexity index is 1120. The lowest BCUT2D eigenvalue weighted by Crippen LogP contribution is -2.33. The fraction of sp³-hybridized carbons (Fsp3) is 0.280. The van der Waals surface area contributed by atoms with Gasteiger partial charge in [-0.15, -0.1) is 0 Å². The fourth-order valence-corrected chi connectivity index (χ4v) is 4.62. The van der Waals surface area contributed by atoms with Crippen molar-refractivity contribution in [2.24, 2.45) is 5.92 Å². The fourth-order valence-electron chi connectivity index (χ4n) is 4.62. The van der Waals surface area contributed by atoms with Gasteiger partial charge in [-0.1, -0.05) is 54.6 Å². The predicted octanol–water partition coefficient (Wildman–Crippen LogP) is 4.68. The van der Waals surface area contributed by atoms with Gasteiger partial charge in [-0.05, 0) is 46.4 Å². The van der Waals surface area contributed by atoms with E-state index in [9.17, 15) is 9.59 Å². The maximum atomic E-state index is 12.6. The van der Waals surface area contributed by atoms with E-state index in [2.05, 4.69) is 42.5 Å². The van der Waals surface area contributed by atoms with Crippen LogP contribution in [-0.4, -0.2) is 30.1 Å². The number of piperidine rings is 1. The Morgan fingerprint density at radius 3 is 2.57 bits per heavy atom. The average Bonchev–Trinajstić information content (AvgIpc) is 3.33. The van der Waals surface area contributed by atoms with Crippen LogP contribution in [0, 0.1) is 5.92 Å². The van der Waals surface area contributed by atoms with Gasteiger partial charge in [-0.25, -0.2) is 4.79 Å². The van der Waals surface area contributed by atoms with Crippen molar-refractivity contribution in [2.45, 2.75) is 25.4 Å². The molecule has 152 valence electrons. The number of hydrogen-bond donors (Lipinski definition) is 0. The molecular formula is C25H23NO4. The minimum atomic E-state index is -0.359. The second-order valence-corrected chi connectivity index (χ2v) is 8.29. The summed E-state index contributed by atoms with van der Waals surface area (Å²) in [6, 6.07) is 22.0. The molecule has 0 bridgehead atoms. The smallest absolute Gasteiger partial charge is 0.410 e. The third-order valence-corrected chi connectivity index (χ3v) is 6.28. The van der Waals surface area contributed by atoms with Crippen molar-refractivity contribution in [1.29, 1.82) is 0 Å². The molecule has 0 radical (unpaired) electrons. The van der Waals surface area contributed by atoms with Crippen LogP contribution in [0.15, 0.2) is 66.7 Å². The monoisotopic (exact) mass is 401 g/mol. The van der Waals surface area contributed by atoms with Crippen molar-refractivity contribution >= 4 is 22.8 Å². The molecule has 2 atom stereocenters. The normalized spacial score (nSPS) is 21.9. The number of hydrogen-bond acceptors (Lipinski definition) is 4. The molecule has 0 unspecified atom stereocenters. The minimum Gasteiger partial charge on any atom is -0.445 e. The molecule has 1 aliphatic carbocycles. The second-order valence-electron chi connectivity index (χ2n) is 8.29. The molecular weight excluding hydrogens is 378 g/mol. The van der Waals surface area contributed by atoms with Crippen molar-refractivity contribution < 1.29 is 19.1 Å². The summed E-state index contributed by atoms with van der Waals surface area (Å²) >= 11 is 0.